The van der Waals surface area contributed by atoms with Crippen LogP contribution in [0.4, 0.5) is 11.5 Å². The number of benzene rings is 2. The molecule has 28 heavy (non-hydrogen) atoms. The smallest absolute Gasteiger partial charge is 0.276 e. The molecule has 0 saturated carbocycles. The zero-order valence-corrected chi connectivity index (χ0v) is 16.0. The average molecular weight is 395 g/mol. The molecular weight excluding hydrogens is 376 g/mol. The Balaban J connectivity index is 1.52. The normalized spacial score (nSPS) is 10.4. The van der Waals surface area contributed by atoms with Crippen LogP contribution in [0.3, 0.4) is 0 Å². The lowest BCUT2D eigenvalue weighted by atomic mass is 10.1. The van der Waals surface area contributed by atoms with E-state index in [4.69, 9.17) is 11.6 Å². The lowest BCUT2D eigenvalue weighted by Crippen LogP contribution is -2.15. The molecule has 0 spiro atoms. The fourth-order valence-corrected chi connectivity index (χ4v) is 2.64. The Morgan fingerprint density at radius 2 is 1.64 bits per heavy atom. The van der Waals surface area contributed by atoms with E-state index < -0.39 is 0 Å². The number of aromatic nitrogens is 2. The lowest BCUT2D eigenvalue weighted by Gasteiger charge is -2.07. The van der Waals surface area contributed by atoms with Crippen LogP contribution in [0.15, 0.2) is 60.7 Å². The molecule has 0 radical (unpaired) electrons. The minimum Gasteiger partial charge on any atom is -0.368 e. The van der Waals surface area contributed by atoms with Crippen LogP contribution in [0.1, 0.15) is 33.3 Å². The molecule has 2 aromatic carbocycles. The van der Waals surface area contributed by atoms with E-state index in [1.54, 1.807) is 36.4 Å². The molecule has 2 N–H and O–H groups in total. The number of rotatable bonds is 7. The summed E-state index contributed by atoms with van der Waals surface area (Å²) in [6.07, 6.45) is 0.817. The van der Waals surface area contributed by atoms with Gasteiger partial charge in [0.25, 0.3) is 5.91 Å². The van der Waals surface area contributed by atoms with Gasteiger partial charge in [-0.15, -0.1) is 10.2 Å². The topological polar surface area (TPSA) is 84.0 Å². The van der Waals surface area contributed by atoms with Gasteiger partial charge in [0.05, 0.1) is 0 Å². The zero-order valence-electron chi connectivity index (χ0n) is 15.3. The highest BCUT2D eigenvalue weighted by molar-refractivity contribution is 6.30. The molecule has 142 valence electrons. The molecule has 0 saturated heterocycles. The molecule has 0 aliphatic carbocycles. The van der Waals surface area contributed by atoms with E-state index >= 15 is 0 Å². The summed E-state index contributed by atoms with van der Waals surface area (Å²) < 4.78 is 0. The van der Waals surface area contributed by atoms with Gasteiger partial charge >= 0.3 is 0 Å². The van der Waals surface area contributed by atoms with Crippen molar-refractivity contribution in [1.82, 2.24) is 10.2 Å². The number of anilines is 2. The van der Waals surface area contributed by atoms with Gasteiger partial charge in [-0.2, -0.15) is 0 Å². The molecule has 0 atom stereocenters. The summed E-state index contributed by atoms with van der Waals surface area (Å²) in [5.41, 5.74) is 2.55. The monoisotopic (exact) mass is 394 g/mol. The van der Waals surface area contributed by atoms with Crippen molar-refractivity contribution in [2.24, 2.45) is 0 Å². The van der Waals surface area contributed by atoms with Gasteiger partial charge in [0.15, 0.2) is 11.5 Å². The van der Waals surface area contributed by atoms with Gasteiger partial charge < -0.3 is 10.6 Å². The molecule has 0 unspecified atom stereocenters. The van der Waals surface area contributed by atoms with Gasteiger partial charge in [0.1, 0.15) is 5.82 Å². The Labute approximate surface area is 168 Å². The Bertz CT molecular complexity index is 955. The van der Waals surface area contributed by atoms with Crippen molar-refractivity contribution in [3.05, 3.63) is 82.5 Å². The molecule has 1 heterocycles. The van der Waals surface area contributed by atoms with Crippen LogP contribution in [0.5, 0.6) is 0 Å². The largest absolute Gasteiger partial charge is 0.368 e. The van der Waals surface area contributed by atoms with Gasteiger partial charge in [-0.3, -0.25) is 9.59 Å². The van der Waals surface area contributed by atoms with Crippen molar-refractivity contribution >= 4 is 34.8 Å². The maximum absolute atomic E-state index is 12.3. The van der Waals surface area contributed by atoms with E-state index in [0.29, 0.717) is 28.6 Å². The summed E-state index contributed by atoms with van der Waals surface area (Å²) in [4.78, 5) is 23.5. The molecular formula is C21H19ClN4O2. The Hall–Kier alpha value is -3.25. The Morgan fingerprint density at radius 1 is 0.929 bits per heavy atom. The Kier molecular flexibility index (Phi) is 6.34. The van der Waals surface area contributed by atoms with E-state index in [-0.39, 0.29) is 17.4 Å². The number of nitrogens with one attached hydrogen (secondary N) is 2. The van der Waals surface area contributed by atoms with E-state index in [1.807, 2.05) is 24.3 Å². The number of hydrogen-bond donors (Lipinski definition) is 2. The second-order valence-electron chi connectivity index (χ2n) is 6.19. The van der Waals surface area contributed by atoms with Gasteiger partial charge in [0, 0.05) is 22.8 Å². The first-order valence-corrected chi connectivity index (χ1v) is 9.13. The number of Topliss-reactive ketones (excluding diaryl/α,β-unsaturated/α-hetero) is 1. The Morgan fingerprint density at radius 3 is 2.25 bits per heavy atom. The number of nitrogens with zero attached hydrogens (tertiary/aromatic N) is 2. The molecule has 0 bridgehead atoms. The molecule has 3 rings (SSSR count). The van der Waals surface area contributed by atoms with Crippen molar-refractivity contribution < 1.29 is 9.59 Å². The van der Waals surface area contributed by atoms with Crippen LogP contribution < -0.4 is 10.6 Å². The van der Waals surface area contributed by atoms with Crippen molar-refractivity contribution in [2.45, 2.75) is 13.3 Å². The first-order chi connectivity index (χ1) is 13.5. The second kappa shape index (κ2) is 9.10. The van der Waals surface area contributed by atoms with Crippen LogP contribution in [0.2, 0.25) is 5.02 Å². The maximum Gasteiger partial charge on any atom is 0.276 e. The predicted molar refractivity (Wildman–Crippen MR) is 110 cm³/mol. The summed E-state index contributed by atoms with van der Waals surface area (Å²) in [7, 11) is 0. The van der Waals surface area contributed by atoms with E-state index in [1.165, 1.54) is 6.92 Å². The summed E-state index contributed by atoms with van der Waals surface area (Å²) in [6.45, 7) is 2.18. The third-order valence-corrected chi connectivity index (χ3v) is 4.33. The number of hydrogen-bond acceptors (Lipinski definition) is 5. The number of carbonyl (C=O) groups is 2. The van der Waals surface area contributed by atoms with Crippen LogP contribution in [-0.4, -0.2) is 28.4 Å². The van der Waals surface area contributed by atoms with Gasteiger partial charge in [0.2, 0.25) is 0 Å². The summed E-state index contributed by atoms with van der Waals surface area (Å²) >= 11 is 5.87. The van der Waals surface area contributed by atoms with Crippen molar-refractivity contribution in [3.8, 4) is 0 Å². The summed E-state index contributed by atoms with van der Waals surface area (Å²) in [5.74, 6) is 0.204. The third kappa shape index (κ3) is 5.37. The SMILES string of the molecule is CC(=O)c1ccc(NC(=O)c2ccc(NCCc3ccc(Cl)cc3)nn2)cc1. The lowest BCUT2D eigenvalue weighted by molar-refractivity contribution is 0.101. The molecule has 6 nitrogen and oxygen atoms in total. The molecule has 0 fully saturated rings. The maximum atomic E-state index is 12.3. The first kappa shape index (κ1) is 19.5. The summed E-state index contributed by atoms with van der Waals surface area (Å²) in [5, 5.41) is 14.6. The van der Waals surface area contributed by atoms with Gasteiger partial charge in [-0.25, -0.2) is 0 Å². The molecule has 0 aliphatic heterocycles. The van der Waals surface area contributed by atoms with Crippen LogP contribution in [-0.2, 0) is 6.42 Å². The minimum atomic E-state index is -0.365. The van der Waals surface area contributed by atoms with E-state index in [0.717, 1.165) is 12.0 Å². The first-order valence-electron chi connectivity index (χ1n) is 8.75. The minimum absolute atomic E-state index is 0.0251. The summed E-state index contributed by atoms with van der Waals surface area (Å²) in [6, 6.07) is 17.7. The molecule has 1 aromatic heterocycles. The molecule has 3 aromatic rings. The number of ketones is 1. The average Bonchev–Trinajstić information content (AvgIpc) is 2.70. The van der Waals surface area contributed by atoms with Crippen LogP contribution in [0, 0.1) is 0 Å². The van der Waals surface area contributed by atoms with Crippen LogP contribution in [0.25, 0.3) is 0 Å². The van der Waals surface area contributed by atoms with Crippen molar-refractivity contribution in [2.75, 3.05) is 17.2 Å². The quantitative estimate of drug-likeness (QED) is 0.585. The second-order valence-corrected chi connectivity index (χ2v) is 6.63. The molecule has 7 heteroatoms. The highest BCUT2D eigenvalue weighted by atomic mass is 35.5. The highest BCUT2D eigenvalue weighted by Crippen LogP contribution is 2.12. The van der Waals surface area contributed by atoms with Gasteiger partial charge in [-0.05, 0) is 67.4 Å². The van der Waals surface area contributed by atoms with Gasteiger partial charge in [-0.1, -0.05) is 23.7 Å². The van der Waals surface area contributed by atoms with Crippen LogP contribution >= 0.6 is 11.6 Å². The fraction of sp³-hybridized carbons (Fsp3) is 0.143. The highest BCUT2D eigenvalue weighted by Gasteiger charge is 2.09. The predicted octanol–water partition coefficient (Wildman–Crippen LogP) is 4.24. The molecule has 0 aliphatic rings. The standard InChI is InChI=1S/C21H19ClN4O2/c1-14(27)16-4-8-18(9-5-16)24-21(28)19-10-11-20(26-25-19)23-13-12-15-2-6-17(22)7-3-15/h2-11H,12-13H2,1H3,(H,23,26)(H,24,28). The zero-order chi connectivity index (χ0) is 19.9. The molecule has 1 amide bonds. The van der Waals surface area contributed by atoms with E-state index in [9.17, 15) is 9.59 Å². The van der Waals surface area contributed by atoms with Crippen molar-refractivity contribution in [3.63, 3.8) is 0 Å². The van der Waals surface area contributed by atoms with Crippen molar-refractivity contribution in [1.29, 1.82) is 0 Å². The third-order valence-electron chi connectivity index (χ3n) is 4.08. The fourth-order valence-electron chi connectivity index (χ4n) is 2.52. The number of carbonyl (C=O) groups excluding carboxylic acids is 2. The number of amides is 1. The van der Waals surface area contributed by atoms with E-state index in [2.05, 4.69) is 20.8 Å². The number of halogens is 1.